The van der Waals surface area contributed by atoms with E-state index in [-0.39, 0.29) is 11.3 Å². The van der Waals surface area contributed by atoms with Gasteiger partial charge in [0.2, 0.25) is 6.17 Å². The summed E-state index contributed by atoms with van der Waals surface area (Å²) in [6.07, 6.45) is -1.26. The lowest BCUT2D eigenvalue weighted by Gasteiger charge is -2.21. The fourth-order valence-corrected chi connectivity index (χ4v) is 4.62. The number of hydrogen-bond donors (Lipinski definition) is 2. The van der Waals surface area contributed by atoms with Gasteiger partial charge in [0.1, 0.15) is 5.82 Å². The van der Waals surface area contributed by atoms with Crippen LogP contribution in [-0.2, 0) is 4.79 Å². The van der Waals surface area contributed by atoms with Gasteiger partial charge in [-0.2, -0.15) is 0 Å². The van der Waals surface area contributed by atoms with Gasteiger partial charge in [-0.15, -0.1) is 0 Å². The second kappa shape index (κ2) is 9.31. The Kier molecular flexibility index (Phi) is 6.05. The van der Waals surface area contributed by atoms with Gasteiger partial charge in [0.15, 0.2) is 0 Å². The fraction of sp³-hybridized carbons (Fsp3) is 0.0741. The molecule has 3 amide bonds. The van der Waals surface area contributed by atoms with Crippen LogP contribution in [0.15, 0.2) is 94.4 Å². The maximum absolute atomic E-state index is 14.8. The van der Waals surface area contributed by atoms with Crippen LogP contribution in [0, 0.1) is 5.82 Å². The number of para-hydroxylation sites is 1. The van der Waals surface area contributed by atoms with Crippen molar-refractivity contribution in [2.75, 3.05) is 17.3 Å². The van der Waals surface area contributed by atoms with Gasteiger partial charge in [-0.05, 0) is 35.7 Å². The summed E-state index contributed by atoms with van der Waals surface area (Å²) in [5.74, 6) is -0.915. The Morgan fingerprint density at radius 1 is 0.914 bits per heavy atom. The van der Waals surface area contributed by atoms with Crippen LogP contribution in [0.4, 0.5) is 20.6 Å². The molecule has 0 aromatic heterocycles. The monoisotopic (exact) mass is 530 g/mol. The molecule has 0 radical (unpaired) electrons. The summed E-state index contributed by atoms with van der Waals surface area (Å²) in [7, 11) is 1.61. The molecule has 1 aliphatic heterocycles. The first-order valence-corrected chi connectivity index (χ1v) is 11.7. The van der Waals surface area contributed by atoms with Crippen LogP contribution >= 0.6 is 15.9 Å². The quantitative estimate of drug-likeness (QED) is 0.356. The Morgan fingerprint density at radius 2 is 1.57 bits per heavy atom. The number of benzodiazepines with no additional fused rings is 1. The molecule has 4 aromatic rings. The highest BCUT2D eigenvalue weighted by atomic mass is 79.9. The number of carbonyl (C=O) groups excluding carboxylic acids is 2. The van der Waals surface area contributed by atoms with E-state index in [0.717, 1.165) is 15.2 Å². The van der Waals surface area contributed by atoms with Crippen molar-refractivity contribution in [1.29, 1.82) is 0 Å². The molecule has 1 aliphatic rings. The van der Waals surface area contributed by atoms with Crippen LogP contribution in [0.2, 0.25) is 0 Å². The fourth-order valence-electron chi connectivity index (χ4n) is 4.14. The number of anilines is 2. The molecule has 35 heavy (non-hydrogen) atoms. The molecule has 5 rings (SSSR count). The van der Waals surface area contributed by atoms with Crippen molar-refractivity contribution in [2.24, 2.45) is 4.99 Å². The summed E-state index contributed by atoms with van der Waals surface area (Å²) in [4.78, 5) is 32.3. The number of aliphatic imine (C=N–C) groups is 1. The third kappa shape index (κ3) is 4.28. The van der Waals surface area contributed by atoms with Crippen LogP contribution in [0.3, 0.4) is 0 Å². The van der Waals surface area contributed by atoms with Gasteiger partial charge in [-0.25, -0.2) is 14.2 Å². The summed E-state index contributed by atoms with van der Waals surface area (Å²) >= 11 is 3.52. The Bertz CT molecular complexity index is 1500. The van der Waals surface area contributed by atoms with Crippen LogP contribution in [0.5, 0.6) is 0 Å². The zero-order valence-electron chi connectivity index (χ0n) is 18.6. The van der Waals surface area contributed by atoms with E-state index in [1.54, 1.807) is 55.6 Å². The van der Waals surface area contributed by atoms with E-state index in [1.165, 1.54) is 11.0 Å². The van der Waals surface area contributed by atoms with Gasteiger partial charge in [0.05, 0.1) is 17.1 Å². The molecule has 1 atom stereocenters. The third-order valence-electron chi connectivity index (χ3n) is 5.86. The minimum absolute atomic E-state index is 0.245. The molecular weight excluding hydrogens is 511 g/mol. The first-order chi connectivity index (χ1) is 16.9. The molecule has 0 bridgehead atoms. The minimum Gasteiger partial charge on any atom is -0.311 e. The van der Waals surface area contributed by atoms with Crippen molar-refractivity contribution >= 4 is 55.7 Å². The number of halogens is 2. The average molecular weight is 531 g/mol. The first kappa shape index (κ1) is 22.7. The summed E-state index contributed by atoms with van der Waals surface area (Å²) < 4.78 is 15.7. The number of likely N-dealkylation sites (N-methyl/N-ethyl adjacent to an activating group) is 1. The first-order valence-electron chi connectivity index (χ1n) is 10.9. The number of benzene rings is 4. The molecule has 0 fully saturated rings. The van der Waals surface area contributed by atoms with Gasteiger partial charge in [0, 0.05) is 28.0 Å². The number of nitrogens with one attached hydrogen (secondary N) is 2. The number of urea groups is 1. The maximum Gasteiger partial charge on any atom is 0.321 e. The lowest BCUT2D eigenvalue weighted by Crippen LogP contribution is -2.47. The lowest BCUT2D eigenvalue weighted by atomic mass is 10.00. The SMILES string of the molecule is CN1C(=O)C(NC(=O)Nc2ccc(Br)c3ccccc23)N=C(c2ccccc2F)c2ccccc21. The predicted molar refractivity (Wildman–Crippen MR) is 139 cm³/mol. The summed E-state index contributed by atoms with van der Waals surface area (Å²) in [5.41, 5.74) is 2.28. The molecular formula is C27H20BrFN4O2. The smallest absolute Gasteiger partial charge is 0.311 e. The highest BCUT2D eigenvalue weighted by Crippen LogP contribution is 2.30. The van der Waals surface area contributed by atoms with Crippen LogP contribution < -0.4 is 15.5 Å². The van der Waals surface area contributed by atoms with Crippen molar-refractivity contribution in [1.82, 2.24) is 5.32 Å². The molecule has 0 aliphatic carbocycles. The van der Waals surface area contributed by atoms with Gasteiger partial charge in [0.25, 0.3) is 5.91 Å². The second-order valence-electron chi connectivity index (χ2n) is 8.01. The second-order valence-corrected chi connectivity index (χ2v) is 8.87. The number of nitrogens with zero attached hydrogens (tertiary/aromatic N) is 2. The Labute approximate surface area is 209 Å². The van der Waals surface area contributed by atoms with Crippen molar-refractivity contribution in [3.63, 3.8) is 0 Å². The molecule has 174 valence electrons. The van der Waals surface area contributed by atoms with Gasteiger partial charge < -0.3 is 15.5 Å². The Balaban J connectivity index is 1.52. The van der Waals surface area contributed by atoms with E-state index < -0.39 is 23.9 Å². The molecule has 1 unspecified atom stereocenters. The highest BCUT2D eigenvalue weighted by molar-refractivity contribution is 9.10. The Morgan fingerprint density at radius 3 is 2.34 bits per heavy atom. The third-order valence-corrected chi connectivity index (χ3v) is 6.55. The highest BCUT2D eigenvalue weighted by Gasteiger charge is 2.31. The minimum atomic E-state index is -1.26. The predicted octanol–water partition coefficient (Wildman–Crippen LogP) is 5.70. The van der Waals surface area contributed by atoms with Crippen molar-refractivity contribution < 1.29 is 14.0 Å². The van der Waals surface area contributed by atoms with Crippen LogP contribution in [0.1, 0.15) is 11.1 Å². The van der Waals surface area contributed by atoms with E-state index in [9.17, 15) is 14.0 Å². The summed E-state index contributed by atoms with van der Waals surface area (Å²) in [5, 5.41) is 7.25. The zero-order valence-corrected chi connectivity index (χ0v) is 20.2. The molecule has 6 nitrogen and oxygen atoms in total. The molecule has 0 saturated heterocycles. The van der Waals surface area contributed by atoms with Crippen molar-refractivity contribution in [3.8, 4) is 0 Å². The van der Waals surface area contributed by atoms with Crippen molar-refractivity contribution in [3.05, 3.63) is 106 Å². The van der Waals surface area contributed by atoms with Gasteiger partial charge in [-0.3, -0.25) is 4.79 Å². The topological polar surface area (TPSA) is 73.8 Å². The number of carbonyl (C=O) groups is 2. The van der Waals surface area contributed by atoms with Crippen LogP contribution in [0.25, 0.3) is 10.8 Å². The normalized spacial score (nSPS) is 15.3. The van der Waals surface area contributed by atoms with E-state index in [4.69, 9.17) is 0 Å². The van der Waals surface area contributed by atoms with E-state index in [0.29, 0.717) is 16.9 Å². The van der Waals surface area contributed by atoms with Crippen LogP contribution in [-0.4, -0.2) is 30.9 Å². The zero-order chi connectivity index (χ0) is 24.5. The van der Waals surface area contributed by atoms with Crippen molar-refractivity contribution in [2.45, 2.75) is 6.17 Å². The van der Waals surface area contributed by atoms with Gasteiger partial charge in [-0.1, -0.05) is 70.5 Å². The van der Waals surface area contributed by atoms with E-state index >= 15 is 0 Å². The molecule has 4 aromatic carbocycles. The summed E-state index contributed by atoms with van der Waals surface area (Å²) in [6, 6.07) is 24.0. The largest absolute Gasteiger partial charge is 0.321 e. The summed E-state index contributed by atoms with van der Waals surface area (Å²) in [6.45, 7) is 0. The molecule has 8 heteroatoms. The number of hydrogen-bond acceptors (Lipinski definition) is 3. The number of fused-ring (bicyclic) bond motifs is 2. The molecule has 2 N–H and O–H groups in total. The van der Waals surface area contributed by atoms with Gasteiger partial charge >= 0.3 is 6.03 Å². The van der Waals surface area contributed by atoms with E-state index in [1.807, 2.05) is 30.3 Å². The standard InChI is InChI=1S/C27H20BrFN4O2/c1-33-23-13-7-5-11-19(23)24(18-10-4-6-12-21(18)29)31-25(26(33)34)32-27(35)30-22-15-14-20(28)16-8-2-3-9-17(16)22/h2-15,25H,1H3,(H2,30,32,35). The number of amides is 3. The molecule has 1 heterocycles. The number of rotatable bonds is 3. The molecule has 0 spiro atoms. The lowest BCUT2D eigenvalue weighted by molar-refractivity contribution is -0.119. The average Bonchev–Trinajstić information content (AvgIpc) is 2.97. The molecule has 0 saturated carbocycles. The maximum atomic E-state index is 14.8. The van der Waals surface area contributed by atoms with E-state index in [2.05, 4.69) is 31.6 Å². The Hall–Kier alpha value is -4.04.